The molecule has 0 fully saturated rings. The molecule has 1 unspecified atom stereocenters. The Morgan fingerprint density at radius 1 is 1.57 bits per heavy atom. The molecule has 0 amide bonds. The summed E-state index contributed by atoms with van der Waals surface area (Å²) in [4.78, 5) is 10.9. The standard InChI is InChI=1S/C13H13BrClNO4S/c1-3-5-8(4-2)16-21(19,20)9-6-10(13(17)18)12(15)11(14)7-9/h1,6-8,16H,4-5H2,2H3,(H,17,18). The third-order valence-corrected chi connectivity index (χ3v) is 5.48. The summed E-state index contributed by atoms with van der Waals surface area (Å²) in [5, 5.41) is 8.99. The zero-order valence-electron chi connectivity index (χ0n) is 11.1. The molecule has 114 valence electrons. The minimum absolute atomic E-state index is 0.0582. The molecule has 0 aromatic heterocycles. The topological polar surface area (TPSA) is 83.5 Å². The summed E-state index contributed by atoms with van der Waals surface area (Å²) >= 11 is 8.88. The molecule has 0 spiro atoms. The third kappa shape index (κ3) is 4.45. The van der Waals surface area contributed by atoms with Gasteiger partial charge in [0.2, 0.25) is 10.0 Å². The first-order valence-electron chi connectivity index (χ1n) is 5.91. The molecule has 2 N–H and O–H groups in total. The van der Waals surface area contributed by atoms with E-state index in [-0.39, 0.29) is 26.4 Å². The molecule has 0 saturated heterocycles. The van der Waals surface area contributed by atoms with E-state index in [0.717, 1.165) is 6.07 Å². The van der Waals surface area contributed by atoms with Crippen molar-refractivity contribution in [3.05, 3.63) is 27.2 Å². The van der Waals surface area contributed by atoms with Crippen LogP contribution in [0, 0.1) is 12.3 Å². The van der Waals surface area contributed by atoms with Gasteiger partial charge in [0.25, 0.3) is 0 Å². The molecule has 0 heterocycles. The molecular weight excluding hydrogens is 382 g/mol. The predicted octanol–water partition coefficient (Wildman–Crippen LogP) is 2.88. The van der Waals surface area contributed by atoms with E-state index >= 15 is 0 Å². The smallest absolute Gasteiger partial charge is 0.337 e. The van der Waals surface area contributed by atoms with Crippen molar-refractivity contribution in [1.82, 2.24) is 4.72 Å². The Morgan fingerprint density at radius 3 is 2.67 bits per heavy atom. The van der Waals surface area contributed by atoms with Crippen molar-refractivity contribution in [1.29, 1.82) is 0 Å². The molecule has 0 saturated carbocycles. The molecule has 1 atom stereocenters. The van der Waals surface area contributed by atoms with E-state index in [2.05, 4.69) is 26.6 Å². The van der Waals surface area contributed by atoms with Gasteiger partial charge in [-0.3, -0.25) is 0 Å². The molecule has 0 aliphatic rings. The highest BCUT2D eigenvalue weighted by atomic mass is 79.9. The number of carboxylic acids is 1. The van der Waals surface area contributed by atoms with E-state index in [1.807, 2.05) is 0 Å². The zero-order valence-corrected chi connectivity index (χ0v) is 14.2. The number of aromatic carboxylic acids is 1. The van der Waals surface area contributed by atoms with Crippen molar-refractivity contribution in [3.63, 3.8) is 0 Å². The van der Waals surface area contributed by atoms with Crippen LogP contribution in [0.2, 0.25) is 5.02 Å². The largest absolute Gasteiger partial charge is 0.478 e. The second kappa shape index (κ2) is 7.27. The van der Waals surface area contributed by atoms with Gasteiger partial charge in [0.1, 0.15) is 0 Å². The van der Waals surface area contributed by atoms with Gasteiger partial charge in [0, 0.05) is 16.9 Å². The maximum Gasteiger partial charge on any atom is 0.337 e. The van der Waals surface area contributed by atoms with Crippen molar-refractivity contribution in [2.45, 2.75) is 30.7 Å². The van der Waals surface area contributed by atoms with Crippen LogP contribution < -0.4 is 4.72 Å². The number of hydrogen-bond donors (Lipinski definition) is 2. The molecule has 8 heteroatoms. The van der Waals surface area contributed by atoms with Crippen LogP contribution in [0.1, 0.15) is 30.1 Å². The lowest BCUT2D eigenvalue weighted by molar-refractivity contribution is 0.0696. The van der Waals surface area contributed by atoms with E-state index in [0.29, 0.717) is 6.42 Å². The normalized spacial score (nSPS) is 12.7. The van der Waals surface area contributed by atoms with Gasteiger partial charge in [-0.1, -0.05) is 18.5 Å². The average molecular weight is 395 g/mol. The van der Waals surface area contributed by atoms with Crippen molar-refractivity contribution in [2.75, 3.05) is 0 Å². The fourth-order valence-corrected chi connectivity index (χ4v) is 3.75. The van der Waals surface area contributed by atoms with Gasteiger partial charge in [-0.15, -0.1) is 12.3 Å². The van der Waals surface area contributed by atoms with E-state index < -0.39 is 22.0 Å². The number of carbonyl (C=O) groups is 1. The fourth-order valence-electron chi connectivity index (χ4n) is 1.57. The molecule has 0 bridgehead atoms. The lowest BCUT2D eigenvalue weighted by Gasteiger charge is -2.15. The maximum absolute atomic E-state index is 12.3. The van der Waals surface area contributed by atoms with Crippen molar-refractivity contribution in [2.24, 2.45) is 0 Å². The summed E-state index contributed by atoms with van der Waals surface area (Å²) in [5.74, 6) is 1.08. The van der Waals surface area contributed by atoms with E-state index in [9.17, 15) is 13.2 Å². The Labute approximate surface area is 136 Å². The molecule has 0 radical (unpaired) electrons. The van der Waals surface area contributed by atoms with Crippen LogP contribution in [0.5, 0.6) is 0 Å². The lowest BCUT2D eigenvalue weighted by Crippen LogP contribution is -2.34. The molecule has 1 aromatic rings. The first-order valence-corrected chi connectivity index (χ1v) is 8.56. The van der Waals surface area contributed by atoms with Crippen LogP contribution in [-0.4, -0.2) is 25.5 Å². The zero-order chi connectivity index (χ0) is 16.2. The van der Waals surface area contributed by atoms with E-state index in [4.69, 9.17) is 23.1 Å². The fraction of sp³-hybridized carbons (Fsp3) is 0.308. The number of benzene rings is 1. The van der Waals surface area contributed by atoms with Crippen molar-refractivity contribution >= 4 is 43.5 Å². The molecule has 21 heavy (non-hydrogen) atoms. The summed E-state index contributed by atoms with van der Waals surface area (Å²) < 4.78 is 27.2. The monoisotopic (exact) mass is 393 g/mol. The highest BCUT2D eigenvalue weighted by Gasteiger charge is 2.23. The lowest BCUT2D eigenvalue weighted by atomic mass is 10.2. The minimum atomic E-state index is -3.89. The van der Waals surface area contributed by atoms with Gasteiger partial charge in [0.05, 0.1) is 15.5 Å². The molecule has 0 aliphatic carbocycles. The van der Waals surface area contributed by atoms with Crippen LogP contribution in [0.25, 0.3) is 0 Å². The van der Waals surface area contributed by atoms with Gasteiger partial charge in [-0.05, 0) is 34.5 Å². The number of hydrogen-bond acceptors (Lipinski definition) is 3. The van der Waals surface area contributed by atoms with Crippen LogP contribution in [0.4, 0.5) is 0 Å². The molecule has 5 nitrogen and oxygen atoms in total. The molecular formula is C13H13BrClNO4S. The Bertz CT molecular complexity index is 697. The second-order valence-corrected chi connectivity index (χ2v) is 7.15. The van der Waals surface area contributed by atoms with Gasteiger partial charge in [-0.2, -0.15) is 0 Å². The predicted molar refractivity (Wildman–Crippen MR) is 84.0 cm³/mol. The van der Waals surface area contributed by atoms with Crippen molar-refractivity contribution < 1.29 is 18.3 Å². The number of nitrogens with one attached hydrogen (secondary N) is 1. The number of terminal acetylenes is 1. The maximum atomic E-state index is 12.3. The van der Waals surface area contributed by atoms with E-state index in [1.54, 1.807) is 6.92 Å². The first-order chi connectivity index (χ1) is 9.72. The van der Waals surface area contributed by atoms with Crippen LogP contribution in [0.15, 0.2) is 21.5 Å². The Balaban J connectivity index is 3.26. The Hall–Kier alpha value is -1.07. The van der Waals surface area contributed by atoms with Crippen molar-refractivity contribution in [3.8, 4) is 12.3 Å². The summed E-state index contributed by atoms with van der Waals surface area (Å²) in [6.07, 6.45) is 5.95. The Morgan fingerprint density at radius 2 is 2.19 bits per heavy atom. The quantitative estimate of drug-likeness (QED) is 0.727. The molecule has 1 rings (SSSR count). The summed E-state index contributed by atoms with van der Waals surface area (Å²) in [7, 11) is -3.89. The minimum Gasteiger partial charge on any atom is -0.478 e. The summed E-state index contributed by atoms with van der Waals surface area (Å²) in [5.41, 5.74) is -0.295. The summed E-state index contributed by atoms with van der Waals surface area (Å²) in [6, 6.07) is 1.85. The highest BCUT2D eigenvalue weighted by molar-refractivity contribution is 9.10. The average Bonchev–Trinajstić information content (AvgIpc) is 2.40. The van der Waals surface area contributed by atoms with E-state index in [1.165, 1.54) is 6.07 Å². The first kappa shape index (κ1) is 18.0. The van der Waals surface area contributed by atoms with Gasteiger partial charge >= 0.3 is 5.97 Å². The number of rotatable bonds is 6. The van der Waals surface area contributed by atoms with Gasteiger partial charge in [0.15, 0.2) is 0 Å². The number of sulfonamides is 1. The Kier molecular flexibility index (Phi) is 6.23. The highest BCUT2D eigenvalue weighted by Crippen LogP contribution is 2.30. The number of carboxylic acid groups (broad SMARTS) is 1. The SMILES string of the molecule is C#CCC(CC)NS(=O)(=O)c1cc(Br)c(Cl)c(C(=O)O)c1. The molecule has 0 aliphatic heterocycles. The molecule has 1 aromatic carbocycles. The summed E-state index contributed by atoms with van der Waals surface area (Å²) in [6.45, 7) is 1.80. The van der Waals surface area contributed by atoms with Crippen LogP contribution >= 0.6 is 27.5 Å². The van der Waals surface area contributed by atoms with Gasteiger partial charge < -0.3 is 5.11 Å². The van der Waals surface area contributed by atoms with Crippen LogP contribution in [0.3, 0.4) is 0 Å². The second-order valence-electron chi connectivity index (χ2n) is 4.21. The number of halogens is 2. The third-order valence-electron chi connectivity index (χ3n) is 2.72. The van der Waals surface area contributed by atoms with Crippen LogP contribution in [-0.2, 0) is 10.0 Å². The van der Waals surface area contributed by atoms with Gasteiger partial charge in [-0.25, -0.2) is 17.9 Å².